The van der Waals surface area contributed by atoms with Crippen molar-refractivity contribution in [2.24, 2.45) is 0 Å². The van der Waals surface area contributed by atoms with Crippen LogP contribution >= 0.6 is 0 Å². The molecule has 1 aromatic carbocycles. The summed E-state index contributed by atoms with van der Waals surface area (Å²) >= 11 is 0. The van der Waals surface area contributed by atoms with Crippen molar-refractivity contribution in [3.05, 3.63) is 28.8 Å². The van der Waals surface area contributed by atoms with Gasteiger partial charge in [0.05, 0.1) is 5.68 Å². The monoisotopic (exact) mass is 289 g/mol. The molecule has 2 unspecified atom stereocenters. The second kappa shape index (κ2) is 7.41. The molecular weight excluding hydrogens is 265 g/mol. The van der Waals surface area contributed by atoms with Crippen LogP contribution in [-0.2, 0) is 9.59 Å². The molecule has 1 aromatic rings. The highest BCUT2D eigenvalue weighted by Crippen LogP contribution is 2.33. The van der Waals surface area contributed by atoms with Crippen molar-refractivity contribution < 1.29 is 14.3 Å². The number of rotatable bonds is 6. The van der Waals surface area contributed by atoms with Gasteiger partial charge < -0.3 is 14.8 Å². The number of likely N-dealkylation sites (N-methyl/N-ethyl adjacent to an activating group) is 1. The Morgan fingerprint density at radius 1 is 1.29 bits per heavy atom. The summed E-state index contributed by atoms with van der Waals surface area (Å²) in [4.78, 5) is 23.4. The van der Waals surface area contributed by atoms with Crippen LogP contribution in [0.25, 0.3) is 0 Å². The molecule has 0 spiro atoms. The largest absolute Gasteiger partial charge is 0.425 e. The van der Waals surface area contributed by atoms with E-state index in [-0.39, 0.29) is 23.6 Å². The molecule has 0 radical (unpaired) electrons. The van der Waals surface area contributed by atoms with E-state index in [0.717, 1.165) is 16.7 Å². The van der Waals surface area contributed by atoms with Gasteiger partial charge in [0.25, 0.3) is 0 Å². The topological polar surface area (TPSA) is 55.4 Å². The normalized spacial score (nSPS) is 13.6. The van der Waals surface area contributed by atoms with Crippen LogP contribution in [0.4, 0.5) is 0 Å². The van der Waals surface area contributed by atoms with Crippen LogP contribution in [0.3, 0.4) is 0 Å². The summed E-state index contributed by atoms with van der Waals surface area (Å²) in [6, 6.07) is 3.53. The van der Waals surface area contributed by atoms with Crippen LogP contribution in [0, 0.1) is 13.8 Å². The summed E-state index contributed by atoms with van der Waals surface area (Å²) in [5, 5.41) is 2.87. The highest BCUT2D eigenvalue weighted by molar-refractivity contribution is 6.57. The average Bonchev–Trinajstić information content (AvgIpc) is 2.35. The first-order valence-electron chi connectivity index (χ1n) is 7.25. The molecule has 0 aliphatic carbocycles. The van der Waals surface area contributed by atoms with Gasteiger partial charge in [-0.3, -0.25) is 0 Å². The second-order valence-corrected chi connectivity index (χ2v) is 5.73. The zero-order chi connectivity index (χ0) is 16.2. The molecule has 0 saturated heterocycles. The standard InChI is InChI=1S/C16H24BNO3/c1-9-6-10(2)15(11(3)8-14(17)19)13(7-9)21-16(20)12(4)18-5/h6-7,11-12,18H,8,17H2,1-5H3. The lowest BCUT2D eigenvalue weighted by Crippen LogP contribution is -2.34. The van der Waals surface area contributed by atoms with Crippen molar-refractivity contribution >= 4 is 19.5 Å². The van der Waals surface area contributed by atoms with Gasteiger partial charge in [0.1, 0.15) is 11.8 Å². The Bertz CT molecular complexity index is 543. The van der Waals surface area contributed by atoms with Crippen LogP contribution in [-0.4, -0.2) is 32.6 Å². The number of esters is 1. The molecule has 0 aliphatic rings. The van der Waals surface area contributed by atoms with Crippen LogP contribution < -0.4 is 10.1 Å². The fourth-order valence-corrected chi connectivity index (χ4v) is 2.50. The zero-order valence-corrected chi connectivity index (χ0v) is 13.7. The number of benzene rings is 1. The van der Waals surface area contributed by atoms with E-state index >= 15 is 0 Å². The number of hydrogen-bond acceptors (Lipinski definition) is 4. The molecule has 21 heavy (non-hydrogen) atoms. The lowest BCUT2D eigenvalue weighted by atomic mass is 9.85. The van der Waals surface area contributed by atoms with Crippen LogP contribution in [0.15, 0.2) is 12.1 Å². The van der Waals surface area contributed by atoms with Gasteiger partial charge in [0.2, 0.25) is 0 Å². The van der Waals surface area contributed by atoms with Crippen molar-refractivity contribution in [3.8, 4) is 5.75 Å². The predicted octanol–water partition coefficient (Wildman–Crippen LogP) is 1.47. The highest BCUT2D eigenvalue weighted by atomic mass is 16.5. The lowest BCUT2D eigenvalue weighted by molar-refractivity contribution is -0.136. The van der Waals surface area contributed by atoms with Crippen molar-refractivity contribution in [1.82, 2.24) is 5.32 Å². The first-order valence-corrected chi connectivity index (χ1v) is 7.25. The van der Waals surface area contributed by atoms with Gasteiger partial charge in [-0.2, -0.15) is 0 Å². The van der Waals surface area contributed by atoms with E-state index in [1.54, 1.807) is 21.8 Å². The molecule has 0 saturated carbocycles. The molecular formula is C16H24BNO3. The number of aryl methyl sites for hydroxylation is 2. The Morgan fingerprint density at radius 3 is 2.43 bits per heavy atom. The van der Waals surface area contributed by atoms with Gasteiger partial charge in [-0.1, -0.05) is 13.0 Å². The first-order chi connectivity index (χ1) is 9.76. The summed E-state index contributed by atoms with van der Waals surface area (Å²) in [5.41, 5.74) is 3.14. The van der Waals surface area contributed by atoms with Crippen LogP contribution in [0.2, 0.25) is 0 Å². The summed E-state index contributed by atoms with van der Waals surface area (Å²) < 4.78 is 5.55. The number of carbonyl (C=O) groups is 2. The van der Waals surface area contributed by atoms with Gasteiger partial charge in [-0.05, 0) is 50.9 Å². The van der Waals surface area contributed by atoms with Crippen molar-refractivity contribution in [1.29, 1.82) is 0 Å². The minimum Gasteiger partial charge on any atom is -0.425 e. The smallest absolute Gasteiger partial charge is 0.328 e. The van der Waals surface area contributed by atoms with E-state index in [1.807, 2.05) is 32.9 Å². The number of ether oxygens (including phenoxy) is 1. The number of carbonyl (C=O) groups excluding carboxylic acids is 2. The molecule has 0 aliphatic heterocycles. The van der Waals surface area contributed by atoms with Crippen LogP contribution in [0.1, 0.15) is 42.9 Å². The minimum atomic E-state index is -0.373. The van der Waals surface area contributed by atoms with Gasteiger partial charge in [0, 0.05) is 12.0 Å². The van der Waals surface area contributed by atoms with Crippen molar-refractivity contribution in [2.75, 3.05) is 7.05 Å². The summed E-state index contributed by atoms with van der Waals surface area (Å²) in [7, 11) is 3.29. The maximum absolute atomic E-state index is 12.0. The molecule has 1 N–H and O–H groups in total. The Kier molecular flexibility index (Phi) is 6.15. The molecule has 0 heterocycles. The Morgan fingerprint density at radius 2 is 1.90 bits per heavy atom. The van der Waals surface area contributed by atoms with E-state index in [1.165, 1.54) is 0 Å². The van der Waals surface area contributed by atoms with E-state index in [0.29, 0.717) is 12.2 Å². The minimum absolute atomic E-state index is 0.0239. The van der Waals surface area contributed by atoms with E-state index in [4.69, 9.17) is 4.74 Å². The summed E-state index contributed by atoms with van der Waals surface area (Å²) in [6.45, 7) is 7.69. The average molecular weight is 289 g/mol. The third-order valence-electron chi connectivity index (χ3n) is 3.58. The zero-order valence-electron chi connectivity index (χ0n) is 13.7. The molecule has 2 atom stereocenters. The van der Waals surface area contributed by atoms with Gasteiger partial charge in [-0.15, -0.1) is 0 Å². The Hall–Kier alpha value is -1.62. The molecule has 0 fully saturated rings. The summed E-state index contributed by atoms with van der Waals surface area (Å²) in [6.07, 6.45) is 0.441. The fourth-order valence-electron chi connectivity index (χ4n) is 2.50. The van der Waals surface area contributed by atoms with E-state index in [9.17, 15) is 9.59 Å². The highest BCUT2D eigenvalue weighted by Gasteiger charge is 2.20. The lowest BCUT2D eigenvalue weighted by Gasteiger charge is -2.20. The quantitative estimate of drug-likeness (QED) is 0.489. The van der Waals surface area contributed by atoms with E-state index in [2.05, 4.69) is 5.32 Å². The fraction of sp³-hybridized carbons (Fsp3) is 0.500. The molecule has 5 heteroatoms. The SMILES string of the molecule is BC(=O)CC(C)c1c(C)cc(C)cc1OC(=O)C(C)NC. The Balaban J connectivity index is 3.17. The molecule has 0 aromatic heterocycles. The first kappa shape index (κ1) is 17.4. The van der Waals surface area contributed by atoms with Crippen molar-refractivity contribution in [3.63, 3.8) is 0 Å². The molecule has 1 rings (SSSR count). The summed E-state index contributed by atoms with van der Waals surface area (Å²) in [5.74, 6) is 0.267. The molecule has 0 bridgehead atoms. The van der Waals surface area contributed by atoms with Gasteiger partial charge in [-0.25, -0.2) is 4.79 Å². The second-order valence-electron chi connectivity index (χ2n) is 5.73. The number of hydrogen-bond donors (Lipinski definition) is 1. The number of nitrogens with one attached hydrogen (secondary N) is 1. The Labute approximate surface area is 127 Å². The van der Waals surface area contributed by atoms with Crippen molar-refractivity contribution in [2.45, 2.75) is 46.1 Å². The van der Waals surface area contributed by atoms with Gasteiger partial charge >= 0.3 is 5.97 Å². The third-order valence-corrected chi connectivity index (χ3v) is 3.58. The van der Waals surface area contributed by atoms with Gasteiger partial charge in [0.15, 0.2) is 7.85 Å². The third kappa shape index (κ3) is 4.71. The van der Waals surface area contributed by atoms with Crippen LogP contribution in [0.5, 0.6) is 5.75 Å². The molecule has 4 nitrogen and oxygen atoms in total. The molecule has 0 amide bonds. The molecule has 114 valence electrons. The van der Waals surface area contributed by atoms with E-state index < -0.39 is 0 Å². The predicted molar refractivity (Wildman–Crippen MR) is 86.7 cm³/mol. The maximum Gasteiger partial charge on any atom is 0.328 e. The maximum atomic E-state index is 12.0.